The number of hydrogen-bond donors (Lipinski definition) is 1. The molecule has 3 amide bonds. The van der Waals surface area contributed by atoms with Crippen molar-refractivity contribution in [2.24, 2.45) is 5.10 Å². The number of aromatic nitrogens is 1. The molecule has 2 aromatic rings. The molecule has 1 aliphatic heterocycles. The van der Waals surface area contributed by atoms with Crippen molar-refractivity contribution in [2.75, 3.05) is 0 Å². The second-order valence-corrected chi connectivity index (χ2v) is 5.06. The lowest BCUT2D eigenvalue weighted by Crippen LogP contribution is -2.40. The van der Waals surface area contributed by atoms with E-state index in [1.165, 1.54) is 6.21 Å². The molecule has 1 aromatic heterocycles. The van der Waals surface area contributed by atoms with Gasteiger partial charge in [-0.15, -0.1) is 5.01 Å². The molecule has 0 aliphatic carbocycles. The van der Waals surface area contributed by atoms with Crippen molar-refractivity contribution in [3.05, 3.63) is 66.0 Å². The lowest BCUT2D eigenvalue weighted by Gasteiger charge is -2.20. The molecule has 0 saturated carbocycles. The number of nitrogens with zero attached hydrogens (tertiary/aromatic N) is 3. The largest absolute Gasteiger partial charge is 0.346 e. The Bertz CT molecular complexity index is 730. The second kappa shape index (κ2) is 5.40. The van der Waals surface area contributed by atoms with Crippen LogP contribution in [-0.4, -0.2) is 28.1 Å². The molecule has 22 heavy (non-hydrogen) atoms. The average molecular weight is 294 g/mol. The molecule has 3 rings (SSSR count). The number of hydrazone groups is 1. The first-order chi connectivity index (χ1) is 10.6. The van der Waals surface area contributed by atoms with Crippen molar-refractivity contribution in [3.63, 3.8) is 0 Å². The van der Waals surface area contributed by atoms with E-state index in [0.717, 1.165) is 16.1 Å². The van der Waals surface area contributed by atoms with Crippen molar-refractivity contribution >= 4 is 18.2 Å². The van der Waals surface area contributed by atoms with Gasteiger partial charge in [-0.3, -0.25) is 9.78 Å². The van der Waals surface area contributed by atoms with Crippen LogP contribution in [0.3, 0.4) is 0 Å². The van der Waals surface area contributed by atoms with Crippen LogP contribution in [0.25, 0.3) is 0 Å². The summed E-state index contributed by atoms with van der Waals surface area (Å²) in [7, 11) is 0. The lowest BCUT2D eigenvalue weighted by molar-refractivity contribution is -0.131. The van der Waals surface area contributed by atoms with E-state index in [1.54, 1.807) is 43.6 Å². The van der Waals surface area contributed by atoms with Gasteiger partial charge in [-0.25, -0.2) is 4.79 Å². The first-order valence-electron chi connectivity index (χ1n) is 6.77. The molecule has 2 heterocycles. The van der Waals surface area contributed by atoms with Gasteiger partial charge in [0.05, 0.1) is 6.21 Å². The van der Waals surface area contributed by atoms with Gasteiger partial charge in [0.2, 0.25) is 0 Å². The van der Waals surface area contributed by atoms with Crippen molar-refractivity contribution in [1.82, 2.24) is 15.3 Å². The standard InChI is InChI=1S/C16H14N4O2/c1-16(13-5-3-2-4-6-13)14(21)20(15(22)19-16)18-11-12-7-9-17-10-8-12/h2-11H,1H3,(H,19,22)/b18-11-/t16-/m0/s1. The number of carbonyl (C=O) groups excluding carboxylic acids is 2. The van der Waals surface area contributed by atoms with E-state index in [2.05, 4.69) is 15.4 Å². The van der Waals surface area contributed by atoms with Crippen LogP contribution in [0.1, 0.15) is 18.1 Å². The normalized spacial score (nSPS) is 21.4. The number of rotatable bonds is 3. The fraction of sp³-hybridized carbons (Fsp3) is 0.125. The molecule has 0 radical (unpaired) electrons. The summed E-state index contributed by atoms with van der Waals surface area (Å²) in [6.07, 6.45) is 4.68. The highest BCUT2D eigenvalue weighted by Gasteiger charge is 2.49. The summed E-state index contributed by atoms with van der Waals surface area (Å²) in [6.45, 7) is 1.67. The molecule has 1 aromatic carbocycles. The van der Waals surface area contributed by atoms with Gasteiger partial charge >= 0.3 is 6.03 Å². The van der Waals surface area contributed by atoms with Gasteiger partial charge in [0.1, 0.15) is 5.54 Å². The lowest BCUT2D eigenvalue weighted by atomic mass is 9.92. The van der Waals surface area contributed by atoms with E-state index < -0.39 is 17.5 Å². The summed E-state index contributed by atoms with van der Waals surface area (Å²) in [4.78, 5) is 28.5. The molecule has 1 saturated heterocycles. The molecular formula is C16H14N4O2. The fourth-order valence-corrected chi connectivity index (χ4v) is 2.27. The summed E-state index contributed by atoms with van der Waals surface area (Å²) in [5.41, 5.74) is 0.368. The Kier molecular flexibility index (Phi) is 3.42. The third kappa shape index (κ3) is 2.35. The monoisotopic (exact) mass is 294 g/mol. The molecular weight excluding hydrogens is 280 g/mol. The zero-order valence-corrected chi connectivity index (χ0v) is 11.9. The number of benzene rings is 1. The van der Waals surface area contributed by atoms with Gasteiger partial charge < -0.3 is 5.32 Å². The Balaban J connectivity index is 1.88. The van der Waals surface area contributed by atoms with Crippen LogP contribution in [0.4, 0.5) is 4.79 Å². The minimum Gasteiger partial charge on any atom is -0.318 e. The predicted octanol–water partition coefficient (Wildman–Crippen LogP) is 1.88. The summed E-state index contributed by atoms with van der Waals surface area (Å²) < 4.78 is 0. The zero-order valence-electron chi connectivity index (χ0n) is 11.9. The van der Waals surface area contributed by atoms with E-state index in [0.29, 0.717) is 0 Å². The van der Waals surface area contributed by atoms with Gasteiger partial charge in [0.25, 0.3) is 5.91 Å². The molecule has 6 heteroatoms. The number of pyridine rings is 1. The quantitative estimate of drug-likeness (QED) is 0.694. The first-order valence-corrected chi connectivity index (χ1v) is 6.77. The predicted molar refractivity (Wildman–Crippen MR) is 81.0 cm³/mol. The van der Waals surface area contributed by atoms with Crippen molar-refractivity contribution < 1.29 is 9.59 Å². The van der Waals surface area contributed by atoms with E-state index in [9.17, 15) is 9.59 Å². The highest BCUT2D eigenvalue weighted by molar-refractivity contribution is 6.07. The van der Waals surface area contributed by atoms with Crippen molar-refractivity contribution in [3.8, 4) is 0 Å². The Hall–Kier alpha value is -3.02. The van der Waals surface area contributed by atoms with Gasteiger partial charge in [-0.2, -0.15) is 5.10 Å². The molecule has 0 spiro atoms. The molecule has 110 valence electrons. The number of carbonyl (C=O) groups is 2. The molecule has 0 unspecified atom stereocenters. The van der Waals surface area contributed by atoms with E-state index >= 15 is 0 Å². The maximum absolute atomic E-state index is 12.6. The molecule has 1 atom stereocenters. The summed E-state index contributed by atoms with van der Waals surface area (Å²) in [6, 6.07) is 12.0. The Morgan fingerprint density at radius 3 is 2.50 bits per heavy atom. The van der Waals surface area contributed by atoms with Crippen LogP contribution in [0, 0.1) is 0 Å². The molecule has 6 nitrogen and oxygen atoms in total. The highest BCUT2D eigenvalue weighted by atomic mass is 16.2. The second-order valence-electron chi connectivity index (χ2n) is 5.06. The highest BCUT2D eigenvalue weighted by Crippen LogP contribution is 2.28. The SMILES string of the molecule is C[C@@]1(c2ccccc2)NC(=O)N(/N=C\c2ccncc2)C1=O. The smallest absolute Gasteiger partial charge is 0.318 e. The first kappa shape index (κ1) is 13.9. The van der Waals surface area contributed by atoms with Crippen LogP contribution < -0.4 is 5.32 Å². The maximum Gasteiger partial charge on any atom is 0.346 e. The topological polar surface area (TPSA) is 74.7 Å². The Labute approximate surface area is 127 Å². The van der Waals surface area contributed by atoms with Gasteiger partial charge in [0, 0.05) is 12.4 Å². The summed E-state index contributed by atoms with van der Waals surface area (Å²) >= 11 is 0. The summed E-state index contributed by atoms with van der Waals surface area (Å²) in [5, 5.41) is 7.54. The van der Waals surface area contributed by atoms with Crippen LogP contribution in [0.2, 0.25) is 0 Å². The van der Waals surface area contributed by atoms with Gasteiger partial charge in [-0.05, 0) is 30.2 Å². The number of urea groups is 1. The number of hydrogen-bond acceptors (Lipinski definition) is 4. The third-order valence-corrected chi connectivity index (χ3v) is 3.55. The maximum atomic E-state index is 12.6. The van der Waals surface area contributed by atoms with E-state index in [-0.39, 0.29) is 0 Å². The Morgan fingerprint density at radius 2 is 1.82 bits per heavy atom. The Morgan fingerprint density at radius 1 is 1.14 bits per heavy atom. The van der Waals surface area contributed by atoms with Crippen LogP contribution in [-0.2, 0) is 10.3 Å². The van der Waals surface area contributed by atoms with Crippen LogP contribution >= 0.6 is 0 Å². The van der Waals surface area contributed by atoms with Gasteiger partial charge in [0.15, 0.2) is 0 Å². The fourth-order valence-electron chi connectivity index (χ4n) is 2.27. The minimum absolute atomic E-state index is 0.408. The zero-order chi connectivity index (χ0) is 15.6. The molecule has 1 fully saturated rings. The van der Waals surface area contributed by atoms with Crippen LogP contribution in [0.15, 0.2) is 60.0 Å². The molecule has 1 aliphatic rings. The summed E-state index contributed by atoms with van der Waals surface area (Å²) in [5.74, 6) is -0.408. The molecule has 1 N–H and O–H groups in total. The van der Waals surface area contributed by atoms with Crippen molar-refractivity contribution in [2.45, 2.75) is 12.5 Å². The van der Waals surface area contributed by atoms with Crippen molar-refractivity contribution in [1.29, 1.82) is 0 Å². The number of nitrogens with one attached hydrogen (secondary N) is 1. The van der Waals surface area contributed by atoms with E-state index in [4.69, 9.17) is 0 Å². The minimum atomic E-state index is -1.10. The number of imide groups is 1. The number of amides is 3. The van der Waals surface area contributed by atoms with E-state index in [1.807, 2.05) is 18.2 Å². The molecule has 0 bridgehead atoms. The van der Waals surface area contributed by atoms with Gasteiger partial charge in [-0.1, -0.05) is 30.3 Å². The van der Waals surface area contributed by atoms with Crippen LogP contribution in [0.5, 0.6) is 0 Å². The third-order valence-electron chi connectivity index (χ3n) is 3.55. The average Bonchev–Trinajstić information content (AvgIpc) is 2.78.